The van der Waals surface area contributed by atoms with E-state index < -0.39 is 13.9 Å². The van der Waals surface area contributed by atoms with Crippen LogP contribution in [-0.2, 0) is 27.9 Å². The molecule has 0 aromatic rings. The van der Waals surface area contributed by atoms with E-state index in [0.29, 0.717) is 24.1 Å². The van der Waals surface area contributed by atoms with Crippen molar-refractivity contribution in [1.29, 1.82) is 0 Å². The van der Waals surface area contributed by atoms with Crippen LogP contribution < -0.4 is 4.89 Å². The standard InChI is InChI=1S/C41H82NO7P/c1-6-8-10-12-14-16-18-20-21-22-23-25-27-29-31-33-36-46-38-40(39-48-50(44,45)47-37-35-42(3,4)5)49-41(43)34-32-30-28-26-24-19-17-15-13-11-9-7-2/h15,17,40H,6-14,16,18-39H2,1-5H3/b17-15-/t40-/m1/s1. The van der Waals surface area contributed by atoms with Crippen molar-refractivity contribution < 1.29 is 37.3 Å². The predicted molar refractivity (Wildman–Crippen MR) is 208 cm³/mol. The van der Waals surface area contributed by atoms with E-state index in [2.05, 4.69) is 26.0 Å². The number of rotatable bonds is 39. The third-order valence-corrected chi connectivity index (χ3v) is 10.0. The van der Waals surface area contributed by atoms with Crippen LogP contribution in [0.4, 0.5) is 0 Å². The minimum atomic E-state index is -4.52. The summed E-state index contributed by atoms with van der Waals surface area (Å²) in [5, 5.41) is 0. The molecule has 8 nitrogen and oxygen atoms in total. The zero-order chi connectivity index (χ0) is 37.0. The number of unbranched alkanes of at least 4 members (excludes halogenated alkanes) is 23. The van der Waals surface area contributed by atoms with Crippen molar-refractivity contribution in [2.45, 2.75) is 193 Å². The van der Waals surface area contributed by atoms with E-state index in [1.165, 1.54) is 122 Å². The van der Waals surface area contributed by atoms with Gasteiger partial charge in [0.05, 0.1) is 34.4 Å². The molecule has 0 heterocycles. The molecule has 0 saturated heterocycles. The molecule has 298 valence electrons. The highest BCUT2D eigenvalue weighted by atomic mass is 31.2. The summed E-state index contributed by atoms with van der Waals surface area (Å²) in [7, 11) is 1.36. The largest absolute Gasteiger partial charge is 0.756 e. The Morgan fingerprint density at radius 3 is 1.56 bits per heavy atom. The Morgan fingerprint density at radius 1 is 0.600 bits per heavy atom. The van der Waals surface area contributed by atoms with Crippen LogP contribution in [0.1, 0.15) is 187 Å². The van der Waals surface area contributed by atoms with Crippen molar-refractivity contribution in [3.05, 3.63) is 12.2 Å². The number of quaternary nitrogens is 1. The zero-order valence-corrected chi connectivity index (χ0v) is 34.5. The lowest BCUT2D eigenvalue weighted by Gasteiger charge is -2.28. The second-order valence-electron chi connectivity index (χ2n) is 15.4. The van der Waals surface area contributed by atoms with E-state index in [0.717, 1.165) is 44.9 Å². The molecular formula is C41H82NO7P. The molecule has 0 rings (SSSR count). The van der Waals surface area contributed by atoms with Gasteiger partial charge in [0.25, 0.3) is 7.82 Å². The highest BCUT2D eigenvalue weighted by Gasteiger charge is 2.20. The second kappa shape index (κ2) is 35.3. The Labute approximate surface area is 310 Å². The van der Waals surface area contributed by atoms with Crippen LogP contribution in [0.15, 0.2) is 12.2 Å². The van der Waals surface area contributed by atoms with E-state index >= 15 is 0 Å². The summed E-state index contributed by atoms with van der Waals surface area (Å²) < 4.78 is 34.5. The van der Waals surface area contributed by atoms with Crippen LogP contribution >= 0.6 is 7.82 Å². The molecule has 0 amide bonds. The summed E-state index contributed by atoms with van der Waals surface area (Å²) in [6.45, 7) is 5.40. The molecule has 0 aliphatic carbocycles. The molecule has 0 fully saturated rings. The maximum Gasteiger partial charge on any atom is 0.306 e. The first-order valence-corrected chi connectivity index (χ1v) is 22.4. The molecule has 0 aliphatic heterocycles. The number of ether oxygens (including phenoxy) is 2. The minimum Gasteiger partial charge on any atom is -0.756 e. The van der Waals surface area contributed by atoms with Gasteiger partial charge in [-0.3, -0.25) is 9.36 Å². The van der Waals surface area contributed by atoms with Gasteiger partial charge in [-0.25, -0.2) is 0 Å². The number of carbonyl (C=O) groups is 1. The maximum atomic E-state index is 12.6. The molecule has 0 aliphatic rings. The number of phosphoric ester groups is 1. The summed E-state index contributed by atoms with van der Waals surface area (Å²) >= 11 is 0. The Balaban J connectivity index is 4.22. The van der Waals surface area contributed by atoms with Crippen molar-refractivity contribution >= 4 is 13.8 Å². The highest BCUT2D eigenvalue weighted by molar-refractivity contribution is 7.45. The van der Waals surface area contributed by atoms with Crippen molar-refractivity contribution in [3.8, 4) is 0 Å². The van der Waals surface area contributed by atoms with E-state index in [1.807, 2.05) is 21.1 Å². The zero-order valence-electron chi connectivity index (χ0n) is 33.6. The van der Waals surface area contributed by atoms with Crippen molar-refractivity contribution in [1.82, 2.24) is 0 Å². The fourth-order valence-electron chi connectivity index (χ4n) is 5.78. The smallest absolute Gasteiger partial charge is 0.306 e. The van der Waals surface area contributed by atoms with E-state index in [9.17, 15) is 14.3 Å². The van der Waals surface area contributed by atoms with Gasteiger partial charge in [0.15, 0.2) is 0 Å². The quantitative estimate of drug-likeness (QED) is 0.0204. The van der Waals surface area contributed by atoms with E-state index in [-0.39, 0.29) is 25.8 Å². The lowest BCUT2D eigenvalue weighted by molar-refractivity contribution is -0.870. The Bertz CT molecular complexity index is 817. The summed E-state index contributed by atoms with van der Waals surface area (Å²) in [6.07, 6.45) is 36.4. The number of phosphoric acid groups is 1. The number of carbonyl (C=O) groups excluding carboxylic acids is 1. The van der Waals surface area contributed by atoms with Crippen LogP contribution in [0.2, 0.25) is 0 Å². The fourth-order valence-corrected chi connectivity index (χ4v) is 6.50. The molecule has 0 spiro atoms. The average Bonchev–Trinajstić information content (AvgIpc) is 3.06. The van der Waals surface area contributed by atoms with E-state index in [4.69, 9.17) is 18.5 Å². The molecule has 1 unspecified atom stereocenters. The Hall–Kier alpha value is -0.760. The maximum absolute atomic E-state index is 12.6. The third-order valence-electron chi connectivity index (χ3n) is 9.07. The number of nitrogens with zero attached hydrogens (tertiary/aromatic N) is 1. The van der Waals surface area contributed by atoms with Crippen LogP contribution in [0.3, 0.4) is 0 Å². The van der Waals surface area contributed by atoms with Crippen LogP contribution in [0, 0.1) is 0 Å². The van der Waals surface area contributed by atoms with Gasteiger partial charge in [0.2, 0.25) is 0 Å². The van der Waals surface area contributed by atoms with Gasteiger partial charge in [-0.1, -0.05) is 154 Å². The van der Waals surface area contributed by atoms with Gasteiger partial charge in [-0.15, -0.1) is 0 Å². The first kappa shape index (κ1) is 49.2. The van der Waals surface area contributed by atoms with Gasteiger partial charge < -0.3 is 27.9 Å². The molecule has 0 bridgehead atoms. The average molecular weight is 732 g/mol. The van der Waals surface area contributed by atoms with Gasteiger partial charge in [-0.05, 0) is 38.5 Å². The van der Waals surface area contributed by atoms with Gasteiger partial charge >= 0.3 is 5.97 Å². The second-order valence-corrected chi connectivity index (χ2v) is 16.8. The number of allylic oxidation sites excluding steroid dienone is 2. The first-order valence-electron chi connectivity index (χ1n) is 20.9. The highest BCUT2D eigenvalue weighted by Crippen LogP contribution is 2.38. The SMILES string of the molecule is CCCCC/C=C\CCCCCCCC(=O)O[C@H](COCCCCCCCCCCCCCCCCCC)COP(=O)([O-])OCC[N+](C)(C)C. The van der Waals surface area contributed by atoms with E-state index in [1.54, 1.807) is 0 Å². The topological polar surface area (TPSA) is 94.1 Å². The molecular weight excluding hydrogens is 649 g/mol. The van der Waals surface area contributed by atoms with Crippen molar-refractivity contribution in [2.75, 3.05) is 54.1 Å². The summed E-state index contributed by atoms with van der Waals surface area (Å²) in [4.78, 5) is 24.9. The molecule has 0 aromatic carbocycles. The van der Waals surface area contributed by atoms with Gasteiger partial charge in [-0.2, -0.15) is 0 Å². The predicted octanol–water partition coefficient (Wildman–Crippen LogP) is 11.3. The summed E-state index contributed by atoms with van der Waals surface area (Å²) in [6, 6.07) is 0. The Morgan fingerprint density at radius 2 is 1.04 bits per heavy atom. The number of hydrogen-bond donors (Lipinski definition) is 0. The van der Waals surface area contributed by atoms with Crippen LogP contribution in [0.5, 0.6) is 0 Å². The summed E-state index contributed by atoms with van der Waals surface area (Å²) in [5.41, 5.74) is 0. The fraction of sp³-hybridized carbons (Fsp3) is 0.927. The van der Waals surface area contributed by atoms with Crippen LogP contribution in [-0.4, -0.2) is 70.7 Å². The summed E-state index contributed by atoms with van der Waals surface area (Å²) in [5.74, 6) is -0.341. The molecule has 9 heteroatoms. The van der Waals surface area contributed by atoms with Crippen molar-refractivity contribution in [3.63, 3.8) is 0 Å². The molecule has 50 heavy (non-hydrogen) atoms. The lowest BCUT2D eigenvalue weighted by atomic mass is 10.0. The minimum absolute atomic E-state index is 0.0275. The normalized spacial score (nSPS) is 14.0. The van der Waals surface area contributed by atoms with Gasteiger partial charge in [0, 0.05) is 13.0 Å². The molecule has 0 saturated carbocycles. The van der Waals surface area contributed by atoms with Crippen molar-refractivity contribution in [2.24, 2.45) is 0 Å². The number of likely N-dealkylation sites (N-methyl/N-ethyl adjacent to an activating group) is 1. The first-order chi connectivity index (χ1) is 24.1. The number of esters is 1. The lowest BCUT2D eigenvalue weighted by Crippen LogP contribution is -2.37. The third kappa shape index (κ3) is 38.5. The molecule has 0 N–H and O–H groups in total. The van der Waals surface area contributed by atoms with Crippen LogP contribution in [0.25, 0.3) is 0 Å². The van der Waals surface area contributed by atoms with Gasteiger partial charge in [0.1, 0.15) is 19.3 Å². The monoisotopic (exact) mass is 732 g/mol. The molecule has 0 radical (unpaired) electrons. The molecule has 2 atom stereocenters. The molecule has 0 aromatic heterocycles. The Kier molecular flexibility index (Phi) is 34.7. The number of hydrogen-bond acceptors (Lipinski definition) is 7.